The van der Waals surface area contributed by atoms with Gasteiger partial charge in [0.05, 0.1) is 0 Å². The summed E-state index contributed by atoms with van der Waals surface area (Å²) in [6, 6.07) is 7.60. The summed E-state index contributed by atoms with van der Waals surface area (Å²) >= 11 is 0. The summed E-state index contributed by atoms with van der Waals surface area (Å²) < 4.78 is 0. The monoisotopic (exact) mass is 219 g/mol. The third-order valence-electron chi connectivity index (χ3n) is 2.51. The van der Waals surface area contributed by atoms with E-state index in [1.807, 2.05) is 24.3 Å². The fourth-order valence-corrected chi connectivity index (χ4v) is 1.49. The largest absolute Gasteiger partial charge is 0.370 e. The molecule has 0 heterocycles. The zero-order chi connectivity index (χ0) is 12.0. The Bertz CT molecular complexity index is 368. The summed E-state index contributed by atoms with van der Waals surface area (Å²) in [5.74, 6) is -0.280. The van der Waals surface area contributed by atoms with Crippen LogP contribution in [0.15, 0.2) is 24.3 Å². The smallest absolute Gasteiger partial charge is 0.217 e. The molecule has 0 aromatic heterocycles. The van der Waals surface area contributed by atoms with Gasteiger partial charge in [-0.25, -0.2) is 0 Å². The van der Waals surface area contributed by atoms with E-state index in [0.29, 0.717) is 18.4 Å². The molecule has 0 aliphatic rings. The van der Waals surface area contributed by atoms with Crippen LogP contribution in [0.1, 0.15) is 42.1 Å². The molecule has 3 heteroatoms. The molecular weight excluding hydrogens is 202 g/mol. The number of Topliss-reactive ketones (excluding diaryl/α,β-unsaturated/α-hetero) is 1. The zero-order valence-electron chi connectivity index (χ0n) is 9.53. The lowest BCUT2D eigenvalue weighted by molar-refractivity contribution is -0.118. The third kappa shape index (κ3) is 3.85. The van der Waals surface area contributed by atoms with Crippen LogP contribution in [0.4, 0.5) is 0 Å². The molecule has 0 fully saturated rings. The van der Waals surface area contributed by atoms with Gasteiger partial charge in [0.1, 0.15) is 0 Å². The number of rotatable bonds is 6. The lowest BCUT2D eigenvalue weighted by Crippen LogP contribution is -2.10. The van der Waals surface area contributed by atoms with Crippen LogP contribution in [0.5, 0.6) is 0 Å². The van der Waals surface area contributed by atoms with Gasteiger partial charge in [0.2, 0.25) is 5.91 Å². The third-order valence-corrected chi connectivity index (χ3v) is 2.51. The predicted octanol–water partition coefficient (Wildman–Crippen LogP) is 2.09. The van der Waals surface area contributed by atoms with Crippen LogP contribution in [0.2, 0.25) is 0 Å². The van der Waals surface area contributed by atoms with Gasteiger partial charge in [-0.3, -0.25) is 9.59 Å². The highest BCUT2D eigenvalue weighted by atomic mass is 16.1. The van der Waals surface area contributed by atoms with Crippen molar-refractivity contribution in [3.8, 4) is 0 Å². The molecule has 0 radical (unpaired) electrons. The normalized spacial score (nSPS) is 10.1. The van der Waals surface area contributed by atoms with Crippen LogP contribution in [-0.4, -0.2) is 11.7 Å². The minimum atomic E-state index is -0.353. The molecule has 1 aromatic rings. The SMILES string of the molecule is CCc1ccc(C(=O)CCCC(N)=O)cc1. The summed E-state index contributed by atoms with van der Waals surface area (Å²) in [7, 11) is 0. The quantitative estimate of drug-likeness (QED) is 0.745. The Morgan fingerprint density at radius 1 is 1.12 bits per heavy atom. The number of hydrogen-bond acceptors (Lipinski definition) is 2. The van der Waals surface area contributed by atoms with E-state index < -0.39 is 0 Å². The first-order valence-electron chi connectivity index (χ1n) is 5.54. The van der Waals surface area contributed by atoms with Gasteiger partial charge >= 0.3 is 0 Å². The number of carbonyl (C=O) groups excluding carboxylic acids is 2. The lowest BCUT2D eigenvalue weighted by Gasteiger charge is -2.01. The average molecular weight is 219 g/mol. The van der Waals surface area contributed by atoms with Crippen LogP contribution in [0.25, 0.3) is 0 Å². The Balaban J connectivity index is 2.49. The van der Waals surface area contributed by atoms with Crippen LogP contribution >= 0.6 is 0 Å². The molecule has 1 aromatic carbocycles. The van der Waals surface area contributed by atoms with Crippen molar-refractivity contribution in [2.75, 3.05) is 0 Å². The Morgan fingerprint density at radius 3 is 2.25 bits per heavy atom. The van der Waals surface area contributed by atoms with Gasteiger partial charge in [-0.1, -0.05) is 31.2 Å². The van der Waals surface area contributed by atoms with Crippen LogP contribution < -0.4 is 5.73 Å². The molecule has 2 N–H and O–H groups in total. The van der Waals surface area contributed by atoms with E-state index in [0.717, 1.165) is 6.42 Å². The minimum Gasteiger partial charge on any atom is -0.370 e. The highest BCUT2D eigenvalue weighted by Crippen LogP contribution is 2.09. The van der Waals surface area contributed by atoms with Gasteiger partial charge in [0.15, 0.2) is 5.78 Å². The first-order chi connectivity index (χ1) is 7.63. The van der Waals surface area contributed by atoms with Crippen molar-refractivity contribution in [1.82, 2.24) is 0 Å². The number of ketones is 1. The molecule has 16 heavy (non-hydrogen) atoms. The highest BCUT2D eigenvalue weighted by Gasteiger charge is 2.06. The molecule has 0 saturated heterocycles. The summed E-state index contributed by atoms with van der Waals surface area (Å²) in [6.07, 6.45) is 2.16. The van der Waals surface area contributed by atoms with Gasteiger partial charge in [0, 0.05) is 18.4 Å². The molecule has 1 rings (SSSR count). The van der Waals surface area contributed by atoms with E-state index in [-0.39, 0.29) is 18.1 Å². The number of benzene rings is 1. The molecule has 0 unspecified atom stereocenters. The number of carbonyl (C=O) groups is 2. The number of hydrogen-bond donors (Lipinski definition) is 1. The van der Waals surface area contributed by atoms with E-state index in [1.165, 1.54) is 5.56 Å². The van der Waals surface area contributed by atoms with E-state index in [9.17, 15) is 9.59 Å². The second-order valence-electron chi connectivity index (χ2n) is 3.79. The fraction of sp³-hybridized carbons (Fsp3) is 0.385. The van der Waals surface area contributed by atoms with Gasteiger partial charge < -0.3 is 5.73 Å². The van der Waals surface area contributed by atoms with Crippen LogP contribution in [0, 0.1) is 0 Å². The molecule has 0 aliphatic heterocycles. The number of nitrogens with two attached hydrogens (primary N) is 1. The standard InChI is InChI=1S/C13H17NO2/c1-2-10-6-8-11(9-7-10)12(15)4-3-5-13(14)16/h6-9H,2-5H2,1H3,(H2,14,16). The van der Waals surface area contributed by atoms with Crippen molar-refractivity contribution in [2.24, 2.45) is 5.73 Å². The molecule has 0 aliphatic carbocycles. The summed E-state index contributed by atoms with van der Waals surface area (Å²) in [4.78, 5) is 22.2. The first-order valence-corrected chi connectivity index (χ1v) is 5.54. The Hall–Kier alpha value is -1.64. The number of amides is 1. The maximum Gasteiger partial charge on any atom is 0.217 e. The average Bonchev–Trinajstić information content (AvgIpc) is 2.28. The number of primary amides is 1. The fourth-order valence-electron chi connectivity index (χ4n) is 1.49. The molecule has 0 saturated carbocycles. The van der Waals surface area contributed by atoms with Crippen molar-refractivity contribution < 1.29 is 9.59 Å². The van der Waals surface area contributed by atoms with Crippen LogP contribution in [0.3, 0.4) is 0 Å². The van der Waals surface area contributed by atoms with E-state index >= 15 is 0 Å². The highest BCUT2D eigenvalue weighted by molar-refractivity contribution is 5.96. The minimum absolute atomic E-state index is 0.0731. The molecule has 86 valence electrons. The predicted molar refractivity (Wildman–Crippen MR) is 63.2 cm³/mol. The summed E-state index contributed by atoms with van der Waals surface area (Å²) in [5, 5.41) is 0. The van der Waals surface area contributed by atoms with E-state index in [4.69, 9.17) is 5.73 Å². The zero-order valence-corrected chi connectivity index (χ0v) is 9.53. The molecule has 0 spiro atoms. The summed E-state index contributed by atoms with van der Waals surface area (Å²) in [5.41, 5.74) is 6.93. The summed E-state index contributed by atoms with van der Waals surface area (Å²) in [6.45, 7) is 2.07. The maximum atomic E-state index is 11.7. The second kappa shape index (κ2) is 6.05. The van der Waals surface area contributed by atoms with Gasteiger partial charge in [0.25, 0.3) is 0 Å². The number of aryl methyl sites for hydroxylation is 1. The van der Waals surface area contributed by atoms with Crippen molar-refractivity contribution >= 4 is 11.7 Å². The molecule has 1 amide bonds. The second-order valence-corrected chi connectivity index (χ2v) is 3.79. The Morgan fingerprint density at radius 2 is 1.75 bits per heavy atom. The van der Waals surface area contributed by atoms with Crippen molar-refractivity contribution in [1.29, 1.82) is 0 Å². The molecule has 3 nitrogen and oxygen atoms in total. The van der Waals surface area contributed by atoms with Crippen molar-refractivity contribution in [3.63, 3.8) is 0 Å². The van der Waals surface area contributed by atoms with E-state index in [1.54, 1.807) is 0 Å². The van der Waals surface area contributed by atoms with Crippen LogP contribution in [-0.2, 0) is 11.2 Å². The lowest BCUT2D eigenvalue weighted by atomic mass is 10.0. The molecular formula is C13H17NO2. The van der Waals surface area contributed by atoms with Crippen molar-refractivity contribution in [2.45, 2.75) is 32.6 Å². The first kappa shape index (κ1) is 12.4. The molecule has 0 bridgehead atoms. The van der Waals surface area contributed by atoms with Gasteiger partial charge in [-0.2, -0.15) is 0 Å². The maximum absolute atomic E-state index is 11.7. The van der Waals surface area contributed by atoms with Gasteiger partial charge in [-0.05, 0) is 18.4 Å². The Labute approximate surface area is 95.6 Å². The van der Waals surface area contributed by atoms with Gasteiger partial charge in [-0.15, -0.1) is 0 Å². The van der Waals surface area contributed by atoms with E-state index in [2.05, 4.69) is 6.92 Å². The Kier molecular flexibility index (Phi) is 4.70. The molecule has 0 atom stereocenters. The topological polar surface area (TPSA) is 60.2 Å². The van der Waals surface area contributed by atoms with Crippen molar-refractivity contribution in [3.05, 3.63) is 35.4 Å².